The maximum atomic E-state index is 8.63. The van der Waals surface area contributed by atoms with Gasteiger partial charge in [0.1, 0.15) is 7.05 Å². The van der Waals surface area contributed by atoms with Gasteiger partial charge in [-0.3, -0.25) is 0 Å². The minimum absolute atomic E-state index is 0.0112. The topological polar surface area (TPSA) is 3.88 Å². The average molecular weight is 406 g/mol. The summed E-state index contributed by atoms with van der Waals surface area (Å²) < 4.78 is 43.7. The third-order valence-electron chi connectivity index (χ3n) is 5.36. The number of pyridine rings is 1. The van der Waals surface area contributed by atoms with E-state index in [0.717, 1.165) is 22.4 Å². The predicted molar refractivity (Wildman–Crippen MR) is 130 cm³/mol. The van der Waals surface area contributed by atoms with Crippen molar-refractivity contribution in [3.8, 4) is 22.4 Å². The minimum Gasteiger partial charge on any atom is -0.201 e. The van der Waals surface area contributed by atoms with Crippen LogP contribution in [-0.4, -0.2) is 0 Å². The molecule has 0 saturated heterocycles. The van der Waals surface area contributed by atoms with Crippen molar-refractivity contribution >= 4 is 0 Å². The standard InChI is InChI=1S/C29H38N/c1-20-16-21(2)26(27-15-10-22(19-30(27)9)18-28(3,4)5)17-25(20)23-11-13-24(14-12-23)29(6,7)8/h10-17,19H,18H2,1-9H3/q+1/i1D3,18D2. The van der Waals surface area contributed by atoms with E-state index in [1.165, 1.54) is 5.56 Å². The van der Waals surface area contributed by atoms with Crippen molar-refractivity contribution in [2.45, 2.75) is 67.1 Å². The number of rotatable bonds is 3. The molecule has 0 fully saturated rings. The van der Waals surface area contributed by atoms with Crippen LogP contribution in [0.1, 0.15) is 70.7 Å². The van der Waals surface area contributed by atoms with E-state index >= 15 is 0 Å². The van der Waals surface area contributed by atoms with E-state index in [9.17, 15) is 0 Å². The zero-order valence-corrected chi connectivity index (χ0v) is 19.6. The van der Waals surface area contributed by atoms with Crippen molar-refractivity contribution in [3.63, 3.8) is 0 Å². The highest BCUT2D eigenvalue weighted by Gasteiger charge is 2.19. The van der Waals surface area contributed by atoms with Crippen molar-refractivity contribution in [2.75, 3.05) is 0 Å². The fourth-order valence-electron chi connectivity index (χ4n) is 3.77. The van der Waals surface area contributed by atoms with Gasteiger partial charge < -0.3 is 0 Å². The molecule has 0 bridgehead atoms. The first-order valence-corrected chi connectivity index (χ1v) is 10.6. The molecule has 0 aliphatic heterocycles. The third-order valence-corrected chi connectivity index (χ3v) is 5.36. The maximum absolute atomic E-state index is 8.63. The Morgan fingerprint density at radius 1 is 0.867 bits per heavy atom. The average Bonchev–Trinajstić information content (AvgIpc) is 2.72. The highest BCUT2D eigenvalue weighted by atomic mass is 14.9. The lowest BCUT2D eigenvalue weighted by molar-refractivity contribution is -0.660. The molecule has 0 N–H and O–H groups in total. The van der Waals surface area contributed by atoms with E-state index < -0.39 is 18.6 Å². The van der Waals surface area contributed by atoms with Gasteiger partial charge in [-0.1, -0.05) is 71.9 Å². The number of hydrogen-bond acceptors (Lipinski definition) is 0. The first-order valence-electron chi connectivity index (χ1n) is 13.1. The number of aromatic nitrogens is 1. The highest BCUT2D eigenvalue weighted by molar-refractivity contribution is 5.75. The summed E-state index contributed by atoms with van der Waals surface area (Å²) in [4.78, 5) is 0. The second kappa shape index (κ2) is 8.02. The van der Waals surface area contributed by atoms with Crippen LogP contribution in [0, 0.1) is 19.2 Å². The summed E-state index contributed by atoms with van der Waals surface area (Å²) in [6.07, 6.45) is 0.346. The molecule has 0 atom stereocenters. The van der Waals surface area contributed by atoms with Gasteiger partial charge in [0, 0.05) is 24.0 Å². The smallest absolute Gasteiger partial charge is 0.201 e. The van der Waals surface area contributed by atoms with Gasteiger partial charge in [-0.15, -0.1) is 0 Å². The monoisotopic (exact) mass is 405 g/mol. The Morgan fingerprint density at radius 3 is 2.07 bits per heavy atom. The first-order chi connectivity index (χ1) is 15.8. The largest absolute Gasteiger partial charge is 0.212 e. The zero-order chi connectivity index (χ0) is 26.6. The lowest BCUT2D eigenvalue weighted by atomic mass is 9.85. The molecule has 0 amide bonds. The summed E-state index contributed by atoms with van der Waals surface area (Å²) >= 11 is 0. The molecule has 0 unspecified atom stereocenters. The SMILES string of the molecule is [2H]C([2H])([2H])c1cc(C)c(-c2ccc(C([2H])([2H])C(C)(C)C)c[n+]2C)cc1-c1ccc(C(C)(C)C)cc1. The van der Waals surface area contributed by atoms with Gasteiger partial charge in [0.2, 0.25) is 5.69 Å². The molecule has 30 heavy (non-hydrogen) atoms. The van der Waals surface area contributed by atoms with Gasteiger partial charge in [-0.25, -0.2) is 4.57 Å². The van der Waals surface area contributed by atoms with E-state index in [1.54, 1.807) is 6.07 Å². The minimum atomic E-state index is -2.24. The summed E-state index contributed by atoms with van der Waals surface area (Å²) in [6.45, 7) is 11.9. The second-order valence-electron chi connectivity index (χ2n) is 10.3. The normalized spacial score (nSPS) is 15.7. The van der Waals surface area contributed by atoms with Crippen molar-refractivity contribution in [1.29, 1.82) is 0 Å². The quantitative estimate of drug-likeness (QED) is 0.401. The van der Waals surface area contributed by atoms with Gasteiger partial charge in [0.05, 0.1) is 0 Å². The molecule has 3 aromatic rings. The lowest BCUT2D eigenvalue weighted by Gasteiger charge is -2.20. The van der Waals surface area contributed by atoms with Crippen LogP contribution in [0.25, 0.3) is 22.4 Å². The third kappa shape index (κ3) is 5.01. The molecule has 0 aliphatic carbocycles. The van der Waals surface area contributed by atoms with Crippen LogP contribution >= 0.6 is 0 Å². The summed E-state index contributed by atoms with van der Waals surface area (Å²) in [5.41, 5.74) is 5.87. The molecule has 0 aliphatic rings. The summed E-state index contributed by atoms with van der Waals surface area (Å²) in [5, 5.41) is 0. The van der Waals surface area contributed by atoms with Gasteiger partial charge in [0.25, 0.3) is 0 Å². The van der Waals surface area contributed by atoms with Crippen molar-refractivity contribution in [3.05, 3.63) is 77.0 Å². The molecule has 1 heteroatoms. The molecule has 0 radical (unpaired) electrons. The Balaban J connectivity index is 2.20. The van der Waals surface area contributed by atoms with E-state index in [0.29, 0.717) is 16.7 Å². The van der Waals surface area contributed by atoms with E-state index in [1.807, 2.05) is 75.8 Å². The number of aryl methyl sites for hydroxylation is 3. The van der Waals surface area contributed by atoms with Crippen molar-refractivity contribution in [1.82, 2.24) is 0 Å². The summed E-state index contributed by atoms with van der Waals surface area (Å²) in [6, 6.07) is 15.7. The molecule has 1 heterocycles. The lowest BCUT2D eigenvalue weighted by Crippen LogP contribution is -2.32. The Kier molecular flexibility index (Phi) is 4.36. The van der Waals surface area contributed by atoms with Gasteiger partial charge >= 0.3 is 0 Å². The maximum Gasteiger partial charge on any atom is 0.212 e. The van der Waals surface area contributed by atoms with E-state index in [4.69, 9.17) is 6.85 Å². The highest BCUT2D eigenvalue weighted by Crippen LogP contribution is 2.33. The van der Waals surface area contributed by atoms with Crippen LogP contribution in [0.5, 0.6) is 0 Å². The number of nitrogens with zero attached hydrogens (tertiary/aromatic N) is 1. The second-order valence-corrected chi connectivity index (χ2v) is 10.3. The molecular formula is C29H38N+. The van der Waals surface area contributed by atoms with Gasteiger partial charge in [0.15, 0.2) is 6.20 Å². The molecule has 158 valence electrons. The number of hydrogen-bond donors (Lipinski definition) is 0. The van der Waals surface area contributed by atoms with Crippen LogP contribution in [0.15, 0.2) is 54.7 Å². The van der Waals surface area contributed by atoms with Crippen LogP contribution in [-0.2, 0) is 18.8 Å². The summed E-state index contributed by atoms with van der Waals surface area (Å²) in [7, 11) is 1.91. The Morgan fingerprint density at radius 2 is 1.53 bits per heavy atom. The van der Waals surface area contributed by atoms with Crippen LogP contribution in [0.2, 0.25) is 0 Å². The van der Waals surface area contributed by atoms with Crippen LogP contribution < -0.4 is 4.57 Å². The number of benzene rings is 2. The molecule has 3 rings (SSSR count). The van der Waals surface area contributed by atoms with Gasteiger partial charge in [-0.05, 0) is 70.9 Å². The fourth-order valence-corrected chi connectivity index (χ4v) is 3.77. The Hall–Kier alpha value is -2.41. The van der Waals surface area contributed by atoms with Crippen LogP contribution in [0.3, 0.4) is 0 Å². The van der Waals surface area contributed by atoms with E-state index in [-0.39, 0.29) is 5.41 Å². The Bertz CT molecular complexity index is 1220. The molecule has 0 saturated carbocycles. The van der Waals surface area contributed by atoms with Gasteiger partial charge in [-0.2, -0.15) is 0 Å². The Labute approximate surface area is 190 Å². The van der Waals surface area contributed by atoms with Crippen molar-refractivity contribution < 1.29 is 11.4 Å². The van der Waals surface area contributed by atoms with Crippen LogP contribution in [0.4, 0.5) is 0 Å². The fraction of sp³-hybridized carbons (Fsp3) is 0.414. The molecule has 1 aromatic heterocycles. The van der Waals surface area contributed by atoms with Crippen molar-refractivity contribution in [2.24, 2.45) is 12.5 Å². The molecular weight excluding hydrogens is 362 g/mol. The summed E-state index contributed by atoms with van der Waals surface area (Å²) in [5.74, 6) is 0. The molecule has 2 aromatic carbocycles. The van der Waals surface area contributed by atoms with E-state index in [2.05, 4.69) is 32.9 Å². The molecule has 1 nitrogen and oxygen atoms in total. The first kappa shape index (κ1) is 16.3. The predicted octanol–water partition coefficient (Wildman–Crippen LogP) is 7.35. The molecule has 0 spiro atoms. The zero-order valence-electron chi connectivity index (χ0n) is 24.6.